The van der Waals surface area contributed by atoms with Crippen LogP contribution in [0.25, 0.3) is 22.3 Å². The number of fused-ring (bicyclic) bond motifs is 2. The Balaban J connectivity index is 1.25. The summed E-state index contributed by atoms with van der Waals surface area (Å²) in [5, 5.41) is 3.48. The number of anilines is 1. The van der Waals surface area contributed by atoms with Crippen LogP contribution in [0, 0.1) is 0 Å². The first kappa shape index (κ1) is 15.7. The van der Waals surface area contributed by atoms with E-state index in [4.69, 9.17) is 0 Å². The Morgan fingerprint density at radius 1 is 0.857 bits per heavy atom. The first-order valence-electron chi connectivity index (χ1n) is 9.70. The van der Waals surface area contributed by atoms with Gasteiger partial charge in [-0.05, 0) is 49.9 Å². The lowest BCUT2D eigenvalue weighted by Gasteiger charge is -2.36. The van der Waals surface area contributed by atoms with Gasteiger partial charge in [-0.1, -0.05) is 0 Å². The predicted molar refractivity (Wildman–Crippen MR) is 105 cm³/mol. The SMILES string of the molecule is O=c1n(C2CC2)c2nccnc2n1C1CC(Nc2ccc3ncccc3n2)C1. The standard InChI is InChI=1S/C20H19N7O/c28-20-26(13-3-4-13)18-19(23-9-8-22-18)27(20)14-10-12(11-14)24-17-6-5-15-16(25-17)2-1-7-21-15/h1-2,5-9,12-14H,3-4,10-11H2,(H,24,25). The van der Waals surface area contributed by atoms with E-state index in [1.165, 1.54) is 0 Å². The zero-order valence-corrected chi connectivity index (χ0v) is 15.2. The molecule has 0 amide bonds. The molecule has 140 valence electrons. The van der Waals surface area contributed by atoms with Crippen LogP contribution in [0.4, 0.5) is 5.82 Å². The molecular formula is C20H19N7O. The van der Waals surface area contributed by atoms with Gasteiger partial charge in [0, 0.05) is 36.7 Å². The molecule has 4 aromatic rings. The first-order chi connectivity index (χ1) is 13.8. The minimum atomic E-state index is 0.0297. The molecule has 1 N–H and O–H groups in total. The molecule has 2 aliphatic carbocycles. The minimum absolute atomic E-state index is 0.0297. The van der Waals surface area contributed by atoms with Gasteiger partial charge in [-0.2, -0.15) is 0 Å². The number of imidazole rings is 1. The van der Waals surface area contributed by atoms with E-state index in [1.54, 1.807) is 18.6 Å². The molecule has 0 spiro atoms. The maximum atomic E-state index is 13.0. The molecular weight excluding hydrogens is 354 g/mol. The minimum Gasteiger partial charge on any atom is -0.367 e. The van der Waals surface area contributed by atoms with Gasteiger partial charge in [-0.3, -0.25) is 14.1 Å². The lowest BCUT2D eigenvalue weighted by molar-refractivity contribution is 0.279. The van der Waals surface area contributed by atoms with Crippen LogP contribution >= 0.6 is 0 Å². The fraction of sp³-hybridized carbons (Fsp3) is 0.350. The van der Waals surface area contributed by atoms with E-state index in [0.717, 1.165) is 48.2 Å². The van der Waals surface area contributed by atoms with E-state index in [2.05, 4.69) is 25.3 Å². The summed E-state index contributed by atoms with van der Waals surface area (Å²) >= 11 is 0. The van der Waals surface area contributed by atoms with Crippen molar-refractivity contribution in [3.05, 3.63) is 53.3 Å². The number of rotatable bonds is 4. The number of nitrogens with zero attached hydrogens (tertiary/aromatic N) is 6. The zero-order chi connectivity index (χ0) is 18.7. The Kier molecular flexibility index (Phi) is 3.29. The first-order valence-corrected chi connectivity index (χ1v) is 9.70. The molecule has 4 heterocycles. The third-order valence-electron chi connectivity index (χ3n) is 5.73. The monoisotopic (exact) mass is 373 g/mol. The quantitative estimate of drug-likeness (QED) is 0.591. The third kappa shape index (κ3) is 2.41. The summed E-state index contributed by atoms with van der Waals surface area (Å²) in [6, 6.07) is 8.51. The maximum absolute atomic E-state index is 13.0. The Hall–Kier alpha value is -3.29. The maximum Gasteiger partial charge on any atom is 0.332 e. The lowest BCUT2D eigenvalue weighted by Crippen LogP contribution is -2.41. The van der Waals surface area contributed by atoms with Crippen molar-refractivity contribution in [2.45, 2.75) is 43.8 Å². The highest BCUT2D eigenvalue weighted by Gasteiger charge is 2.37. The summed E-state index contributed by atoms with van der Waals surface area (Å²) in [6.45, 7) is 0. The predicted octanol–water partition coefficient (Wildman–Crippen LogP) is 2.69. The second-order valence-electron chi connectivity index (χ2n) is 7.66. The summed E-state index contributed by atoms with van der Waals surface area (Å²) in [4.78, 5) is 30.8. The largest absolute Gasteiger partial charge is 0.367 e. The highest BCUT2D eigenvalue weighted by molar-refractivity contribution is 5.75. The molecule has 0 radical (unpaired) electrons. The number of hydrogen-bond acceptors (Lipinski definition) is 6. The molecule has 0 saturated heterocycles. The van der Waals surface area contributed by atoms with Gasteiger partial charge in [-0.25, -0.2) is 19.7 Å². The van der Waals surface area contributed by atoms with Crippen molar-refractivity contribution >= 4 is 28.1 Å². The Morgan fingerprint density at radius 3 is 2.36 bits per heavy atom. The van der Waals surface area contributed by atoms with Gasteiger partial charge in [0.25, 0.3) is 0 Å². The van der Waals surface area contributed by atoms with Crippen molar-refractivity contribution in [2.24, 2.45) is 0 Å². The van der Waals surface area contributed by atoms with Crippen molar-refractivity contribution < 1.29 is 0 Å². The highest BCUT2D eigenvalue weighted by atomic mass is 16.2. The molecule has 8 nitrogen and oxygen atoms in total. The molecule has 0 unspecified atom stereocenters. The average molecular weight is 373 g/mol. The number of nitrogens with one attached hydrogen (secondary N) is 1. The Bertz CT molecular complexity index is 1250. The highest BCUT2D eigenvalue weighted by Crippen LogP contribution is 2.38. The molecule has 0 atom stereocenters. The van der Waals surface area contributed by atoms with Crippen LogP contribution in [0.3, 0.4) is 0 Å². The van der Waals surface area contributed by atoms with E-state index in [-0.39, 0.29) is 23.8 Å². The van der Waals surface area contributed by atoms with E-state index >= 15 is 0 Å². The Morgan fingerprint density at radius 2 is 1.61 bits per heavy atom. The lowest BCUT2D eigenvalue weighted by atomic mass is 9.86. The van der Waals surface area contributed by atoms with Crippen LogP contribution < -0.4 is 11.0 Å². The van der Waals surface area contributed by atoms with Crippen LogP contribution in [-0.2, 0) is 0 Å². The fourth-order valence-corrected chi connectivity index (χ4v) is 4.11. The molecule has 0 bridgehead atoms. The van der Waals surface area contributed by atoms with Crippen molar-refractivity contribution in [1.82, 2.24) is 29.1 Å². The van der Waals surface area contributed by atoms with E-state index in [9.17, 15) is 4.79 Å². The van der Waals surface area contributed by atoms with Crippen LogP contribution in [0.1, 0.15) is 37.8 Å². The van der Waals surface area contributed by atoms with Gasteiger partial charge in [0.05, 0.1) is 11.0 Å². The summed E-state index contributed by atoms with van der Waals surface area (Å²) in [5.74, 6) is 0.844. The summed E-state index contributed by atoms with van der Waals surface area (Å²) < 4.78 is 3.68. The topological polar surface area (TPSA) is 90.5 Å². The van der Waals surface area contributed by atoms with Crippen molar-refractivity contribution in [2.75, 3.05) is 5.32 Å². The Labute approximate surface area is 160 Å². The normalized spacial score (nSPS) is 21.7. The van der Waals surface area contributed by atoms with E-state index in [0.29, 0.717) is 5.65 Å². The van der Waals surface area contributed by atoms with Crippen molar-refractivity contribution in [1.29, 1.82) is 0 Å². The second-order valence-corrected chi connectivity index (χ2v) is 7.66. The smallest absolute Gasteiger partial charge is 0.332 e. The molecule has 4 aromatic heterocycles. The molecule has 2 saturated carbocycles. The van der Waals surface area contributed by atoms with Crippen molar-refractivity contribution in [3.63, 3.8) is 0 Å². The fourth-order valence-electron chi connectivity index (χ4n) is 4.11. The van der Waals surface area contributed by atoms with Crippen LogP contribution in [0.15, 0.2) is 47.7 Å². The molecule has 28 heavy (non-hydrogen) atoms. The molecule has 2 fully saturated rings. The van der Waals surface area contributed by atoms with Gasteiger partial charge >= 0.3 is 5.69 Å². The van der Waals surface area contributed by atoms with Gasteiger partial charge in [0.1, 0.15) is 5.82 Å². The molecule has 2 aliphatic rings. The number of pyridine rings is 2. The van der Waals surface area contributed by atoms with Crippen LogP contribution in [0.5, 0.6) is 0 Å². The molecule has 0 aliphatic heterocycles. The van der Waals surface area contributed by atoms with Gasteiger partial charge in [-0.15, -0.1) is 0 Å². The third-order valence-corrected chi connectivity index (χ3v) is 5.73. The summed E-state index contributed by atoms with van der Waals surface area (Å²) in [7, 11) is 0. The van der Waals surface area contributed by atoms with Crippen LogP contribution in [0.2, 0.25) is 0 Å². The second kappa shape index (κ2) is 5.85. The van der Waals surface area contributed by atoms with Gasteiger partial charge in [0.15, 0.2) is 11.3 Å². The van der Waals surface area contributed by atoms with E-state index < -0.39 is 0 Å². The zero-order valence-electron chi connectivity index (χ0n) is 15.2. The summed E-state index contributed by atoms with van der Waals surface area (Å²) in [5.41, 5.74) is 3.22. The van der Waals surface area contributed by atoms with Crippen LogP contribution in [-0.4, -0.2) is 35.1 Å². The summed E-state index contributed by atoms with van der Waals surface area (Å²) in [6.07, 6.45) is 8.93. The number of aromatic nitrogens is 6. The molecule has 8 heteroatoms. The van der Waals surface area contributed by atoms with Gasteiger partial charge < -0.3 is 5.32 Å². The number of hydrogen-bond donors (Lipinski definition) is 1. The van der Waals surface area contributed by atoms with E-state index in [1.807, 2.05) is 33.4 Å². The molecule has 6 rings (SSSR count). The van der Waals surface area contributed by atoms with Crippen molar-refractivity contribution in [3.8, 4) is 0 Å². The van der Waals surface area contributed by atoms with Gasteiger partial charge in [0.2, 0.25) is 0 Å². The average Bonchev–Trinajstić information content (AvgIpc) is 3.48. The molecule has 0 aromatic carbocycles.